The first kappa shape index (κ1) is 13.9. The number of carbonyl (C=O) groups excluding carboxylic acids is 2. The molecule has 1 aliphatic carbocycles. The van der Waals surface area contributed by atoms with Gasteiger partial charge in [-0.05, 0) is 25.3 Å². The van der Waals surface area contributed by atoms with Crippen LogP contribution in [0.5, 0.6) is 0 Å². The molecule has 3 rings (SSSR count). The molecule has 1 heterocycles. The van der Waals surface area contributed by atoms with Crippen LogP contribution >= 0.6 is 0 Å². The third kappa shape index (κ3) is 3.17. The quantitative estimate of drug-likeness (QED) is 0.855. The van der Waals surface area contributed by atoms with Gasteiger partial charge in [-0.1, -0.05) is 30.3 Å². The van der Waals surface area contributed by atoms with Gasteiger partial charge in [-0.15, -0.1) is 0 Å². The highest BCUT2D eigenvalue weighted by Crippen LogP contribution is 2.29. The molecule has 2 aliphatic rings. The van der Waals surface area contributed by atoms with Crippen LogP contribution in [0.15, 0.2) is 30.3 Å². The van der Waals surface area contributed by atoms with Crippen LogP contribution in [0.2, 0.25) is 0 Å². The Hall–Kier alpha value is -2.04. The average Bonchev–Trinajstić information content (AvgIpc) is 3.32. The Balaban J connectivity index is 1.56. The number of hydrogen-bond acceptors (Lipinski definition) is 3. The first-order valence-corrected chi connectivity index (χ1v) is 7.42. The van der Waals surface area contributed by atoms with Crippen LogP contribution in [0.1, 0.15) is 25.3 Å². The first-order chi connectivity index (χ1) is 10.1. The molecule has 1 saturated carbocycles. The highest BCUT2D eigenvalue weighted by Gasteiger charge is 2.40. The molecule has 2 fully saturated rings. The molecule has 5 heteroatoms. The molecule has 1 aliphatic heterocycles. The summed E-state index contributed by atoms with van der Waals surface area (Å²) in [6.07, 6.45) is 1.78. The van der Waals surface area contributed by atoms with Gasteiger partial charge >= 0.3 is 6.09 Å². The summed E-state index contributed by atoms with van der Waals surface area (Å²) in [6, 6.07) is 9.96. The van der Waals surface area contributed by atoms with Crippen molar-refractivity contribution in [2.75, 3.05) is 13.1 Å². The Labute approximate surface area is 124 Å². The van der Waals surface area contributed by atoms with Crippen molar-refractivity contribution in [3.63, 3.8) is 0 Å². The minimum absolute atomic E-state index is 0.00609. The van der Waals surface area contributed by atoms with Gasteiger partial charge in [0.05, 0.1) is 6.04 Å². The second-order valence-corrected chi connectivity index (χ2v) is 5.79. The van der Waals surface area contributed by atoms with E-state index < -0.39 is 6.09 Å². The lowest BCUT2D eigenvalue weighted by molar-refractivity contribution is -0.138. The first-order valence-electron chi connectivity index (χ1n) is 7.42. The van der Waals surface area contributed by atoms with Crippen LogP contribution in [0.4, 0.5) is 4.79 Å². The molecular weight excluding hydrogens is 268 g/mol. The largest absolute Gasteiger partial charge is 0.445 e. The minimum Gasteiger partial charge on any atom is -0.445 e. The number of amides is 2. The molecule has 0 spiro atoms. The molecule has 1 atom stereocenters. The van der Waals surface area contributed by atoms with Crippen molar-refractivity contribution in [1.82, 2.24) is 9.80 Å². The number of benzene rings is 1. The van der Waals surface area contributed by atoms with Crippen LogP contribution < -0.4 is 0 Å². The van der Waals surface area contributed by atoms with Crippen molar-refractivity contribution in [2.45, 2.75) is 38.5 Å². The Bertz CT molecular complexity index is 528. The van der Waals surface area contributed by atoms with E-state index in [1.807, 2.05) is 42.2 Å². The van der Waals surface area contributed by atoms with Gasteiger partial charge in [0, 0.05) is 12.6 Å². The summed E-state index contributed by atoms with van der Waals surface area (Å²) in [7, 11) is 0. The fourth-order valence-corrected chi connectivity index (χ4v) is 2.66. The van der Waals surface area contributed by atoms with Crippen LogP contribution in [-0.4, -0.2) is 47.0 Å². The van der Waals surface area contributed by atoms with E-state index >= 15 is 0 Å². The van der Waals surface area contributed by atoms with Gasteiger partial charge in [0.15, 0.2) is 0 Å². The molecule has 1 aromatic rings. The van der Waals surface area contributed by atoms with Crippen molar-refractivity contribution in [1.29, 1.82) is 0 Å². The van der Waals surface area contributed by atoms with Gasteiger partial charge in [0.25, 0.3) is 0 Å². The Morgan fingerprint density at radius 3 is 2.67 bits per heavy atom. The Kier molecular flexibility index (Phi) is 3.82. The number of carbonyl (C=O) groups is 2. The highest BCUT2D eigenvalue weighted by atomic mass is 16.6. The lowest BCUT2D eigenvalue weighted by Gasteiger charge is -2.38. The van der Waals surface area contributed by atoms with E-state index in [4.69, 9.17) is 4.74 Å². The molecule has 5 nitrogen and oxygen atoms in total. The Morgan fingerprint density at radius 2 is 2.00 bits per heavy atom. The van der Waals surface area contributed by atoms with Crippen LogP contribution in [0.25, 0.3) is 0 Å². The van der Waals surface area contributed by atoms with E-state index in [0.717, 1.165) is 18.4 Å². The predicted octanol–water partition coefficient (Wildman–Crippen LogP) is 2.02. The number of piperazine rings is 1. The summed E-state index contributed by atoms with van der Waals surface area (Å²) >= 11 is 0. The monoisotopic (exact) mass is 288 g/mol. The standard InChI is InChI=1S/C16H20N2O3/c1-12-9-18(14-7-8-14)15(19)10-17(12)16(20)21-11-13-5-3-2-4-6-13/h2-6,12,14H,7-11H2,1H3. The zero-order valence-electron chi connectivity index (χ0n) is 12.2. The van der Waals surface area contributed by atoms with E-state index in [2.05, 4.69) is 0 Å². The summed E-state index contributed by atoms with van der Waals surface area (Å²) < 4.78 is 5.31. The summed E-state index contributed by atoms with van der Waals surface area (Å²) in [5.74, 6) is 0.0345. The molecule has 1 aromatic carbocycles. The number of rotatable bonds is 3. The molecule has 0 aromatic heterocycles. The topological polar surface area (TPSA) is 49.9 Å². The summed E-state index contributed by atoms with van der Waals surface area (Å²) in [4.78, 5) is 27.7. The van der Waals surface area contributed by atoms with E-state index in [1.54, 1.807) is 0 Å². The third-order valence-corrected chi connectivity index (χ3v) is 4.05. The van der Waals surface area contributed by atoms with Crippen LogP contribution in [0, 0.1) is 0 Å². The zero-order valence-corrected chi connectivity index (χ0v) is 12.2. The predicted molar refractivity (Wildman–Crippen MR) is 77.5 cm³/mol. The van der Waals surface area contributed by atoms with Crippen molar-refractivity contribution in [3.05, 3.63) is 35.9 Å². The van der Waals surface area contributed by atoms with Gasteiger partial charge < -0.3 is 9.64 Å². The van der Waals surface area contributed by atoms with E-state index in [-0.39, 0.29) is 25.1 Å². The van der Waals surface area contributed by atoms with Gasteiger partial charge in [-0.3, -0.25) is 9.69 Å². The van der Waals surface area contributed by atoms with Crippen molar-refractivity contribution < 1.29 is 14.3 Å². The van der Waals surface area contributed by atoms with E-state index in [1.165, 1.54) is 4.90 Å². The lowest BCUT2D eigenvalue weighted by Crippen LogP contribution is -2.57. The SMILES string of the molecule is CC1CN(C2CC2)C(=O)CN1C(=O)OCc1ccccc1. The fourth-order valence-electron chi connectivity index (χ4n) is 2.66. The molecule has 112 valence electrons. The summed E-state index contributed by atoms with van der Waals surface area (Å²) in [6.45, 7) is 2.95. The molecular formula is C16H20N2O3. The molecule has 0 radical (unpaired) electrons. The lowest BCUT2D eigenvalue weighted by atomic mass is 10.2. The van der Waals surface area contributed by atoms with E-state index in [0.29, 0.717) is 12.6 Å². The molecule has 1 unspecified atom stereocenters. The molecule has 2 amide bonds. The zero-order chi connectivity index (χ0) is 14.8. The smallest absolute Gasteiger partial charge is 0.410 e. The number of hydrogen-bond donors (Lipinski definition) is 0. The Morgan fingerprint density at radius 1 is 1.29 bits per heavy atom. The summed E-state index contributed by atoms with van der Waals surface area (Å²) in [5.41, 5.74) is 0.946. The molecule has 0 N–H and O–H groups in total. The van der Waals surface area contributed by atoms with Gasteiger partial charge in [-0.25, -0.2) is 4.79 Å². The third-order valence-electron chi connectivity index (χ3n) is 4.05. The normalized spacial score (nSPS) is 22.3. The molecule has 1 saturated heterocycles. The average molecular weight is 288 g/mol. The van der Waals surface area contributed by atoms with Crippen LogP contribution in [0.3, 0.4) is 0 Å². The van der Waals surface area contributed by atoms with Gasteiger partial charge in [0.1, 0.15) is 13.2 Å². The second kappa shape index (κ2) is 5.76. The number of ether oxygens (including phenoxy) is 1. The molecule has 0 bridgehead atoms. The van der Waals surface area contributed by atoms with E-state index in [9.17, 15) is 9.59 Å². The summed E-state index contributed by atoms with van der Waals surface area (Å²) in [5, 5.41) is 0. The maximum atomic E-state index is 12.2. The van der Waals surface area contributed by atoms with Gasteiger partial charge in [0.2, 0.25) is 5.91 Å². The number of nitrogens with zero attached hydrogens (tertiary/aromatic N) is 2. The minimum atomic E-state index is -0.407. The maximum Gasteiger partial charge on any atom is 0.410 e. The molecule has 21 heavy (non-hydrogen) atoms. The highest BCUT2D eigenvalue weighted by molar-refractivity contribution is 5.84. The van der Waals surface area contributed by atoms with Crippen molar-refractivity contribution in [3.8, 4) is 0 Å². The van der Waals surface area contributed by atoms with Gasteiger partial charge in [-0.2, -0.15) is 0 Å². The fraction of sp³-hybridized carbons (Fsp3) is 0.500. The second-order valence-electron chi connectivity index (χ2n) is 5.79. The van der Waals surface area contributed by atoms with Crippen molar-refractivity contribution in [2.24, 2.45) is 0 Å². The van der Waals surface area contributed by atoms with Crippen molar-refractivity contribution >= 4 is 12.0 Å². The van der Waals surface area contributed by atoms with Crippen LogP contribution in [-0.2, 0) is 16.1 Å². The maximum absolute atomic E-state index is 12.2.